The van der Waals surface area contributed by atoms with Crippen molar-refractivity contribution in [2.75, 3.05) is 28.2 Å². The molecule has 0 spiro atoms. The van der Waals surface area contributed by atoms with Crippen LogP contribution in [-0.4, -0.2) is 43.4 Å². The Morgan fingerprint density at radius 3 is 1.68 bits per heavy atom. The van der Waals surface area contributed by atoms with Crippen molar-refractivity contribution in [1.82, 2.24) is 4.90 Å². The first kappa shape index (κ1) is 16.3. The molecule has 114 valence electrons. The van der Waals surface area contributed by atoms with Crippen molar-refractivity contribution in [1.29, 1.82) is 0 Å². The van der Waals surface area contributed by atoms with E-state index >= 15 is 0 Å². The van der Waals surface area contributed by atoms with Crippen LogP contribution in [0.5, 0.6) is 0 Å². The van der Waals surface area contributed by atoms with Crippen molar-refractivity contribution >= 4 is 23.0 Å². The summed E-state index contributed by atoms with van der Waals surface area (Å²) in [5.74, 6) is 0. The molecule has 0 N–H and O–H groups in total. The summed E-state index contributed by atoms with van der Waals surface area (Å²) in [4.78, 5) is 2.06. The van der Waals surface area contributed by atoms with Gasteiger partial charge in [0, 0.05) is 19.7 Å². The Balaban J connectivity index is 2.66. The molecule has 0 aromatic heterocycles. The normalized spacial score (nSPS) is 11.7. The van der Waals surface area contributed by atoms with Gasteiger partial charge in [0.05, 0.1) is 5.70 Å². The fourth-order valence-electron chi connectivity index (χ4n) is 2.47. The summed E-state index contributed by atoms with van der Waals surface area (Å²) < 4.78 is 2.06. The van der Waals surface area contributed by atoms with Gasteiger partial charge >= 0.3 is 0 Å². The predicted octanol–water partition coefficient (Wildman–Crippen LogP) is 3.92. The highest BCUT2D eigenvalue weighted by molar-refractivity contribution is 6.48. The summed E-state index contributed by atoms with van der Waals surface area (Å²) >= 11 is 6.83. The average Bonchev–Trinajstić information content (AvgIpc) is 2.49. The standard InChI is InChI=1S/C19H22ClN2/c1-21(2)18(15-11-7-5-8-12-15)17(20)19(22(3)4)16-13-9-6-10-14-16/h5-14H,1-4H3/q+1. The van der Waals surface area contributed by atoms with E-state index in [1.165, 1.54) is 0 Å². The third-order valence-corrected chi connectivity index (χ3v) is 3.76. The lowest BCUT2D eigenvalue weighted by Crippen LogP contribution is -2.20. The lowest BCUT2D eigenvalue weighted by molar-refractivity contribution is -0.463. The second-order valence-corrected chi connectivity index (χ2v) is 5.91. The van der Waals surface area contributed by atoms with E-state index in [0.717, 1.165) is 27.6 Å². The van der Waals surface area contributed by atoms with Gasteiger partial charge in [0.1, 0.15) is 19.1 Å². The van der Waals surface area contributed by atoms with Crippen LogP contribution in [0, 0.1) is 0 Å². The Hall–Kier alpha value is -2.06. The molecular weight excluding hydrogens is 292 g/mol. The van der Waals surface area contributed by atoms with E-state index in [1.54, 1.807) is 0 Å². The number of benzene rings is 2. The smallest absolute Gasteiger partial charge is 0.227 e. The molecule has 0 saturated heterocycles. The molecule has 0 bridgehead atoms. The van der Waals surface area contributed by atoms with Crippen molar-refractivity contribution in [2.24, 2.45) is 0 Å². The Morgan fingerprint density at radius 2 is 1.27 bits per heavy atom. The zero-order valence-corrected chi connectivity index (χ0v) is 14.3. The van der Waals surface area contributed by atoms with Gasteiger partial charge in [0.15, 0.2) is 0 Å². The molecule has 22 heavy (non-hydrogen) atoms. The van der Waals surface area contributed by atoms with E-state index in [1.807, 2.05) is 64.6 Å². The minimum Gasteiger partial charge on any atom is -0.376 e. The van der Waals surface area contributed by atoms with E-state index in [9.17, 15) is 0 Å². The van der Waals surface area contributed by atoms with Crippen LogP contribution < -0.4 is 0 Å². The third-order valence-electron chi connectivity index (χ3n) is 3.40. The minimum absolute atomic E-state index is 0.743. The Kier molecular flexibility index (Phi) is 5.40. The lowest BCUT2D eigenvalue weighted by Gasteiger charge is -2.19. The number of rotatable bonds is 4. The van der Waals surface area contributed by atoms with Gasteiger partial charge in [0.2, 0.25) is 5.71 Å². The van der Waals surface area contributed by atoms with E-state index < -0.39 is 0 Å². The van der Waals surface area contributed by atoms with Crippen molar-refractivity contribution < 1.29 is 4.58 Å². The van der Waals surface area contributed by atoms with Gasteiger partial charge in [-0.1, -0.05) is 60.1 Å². The molecule has 0 unspecified atom stereocenters. The van der Waals surface area contributed by atoms with Gasteiger partial charge in [-0.2, -0.15) is 0 Å². The van der Waals surface area contributed by atoms with Crippen molar-refractivity contribution in [3.8, 4) is 0 Å². The molecule has 0 radical (unpaired) electrons. The number of allylic oxidation sites excluding steroid dienone is 1. The Morgan fingerprint density at radius 1 is 0.818 bits per heavy atom. The first-order valence-electron chi connectivity index (χ1n) is 7.25. The Labute approximate surface area is 138 Å². The highest BCUT2D eigenvalue weighted by Crippen LogP contribution is 2.26. The number of hydrogen-bond acceptors (Lipinski definition) is 1. The summed E-state index contributed by atoms with van der Waals surface area (Å²) in [5.41, 5.74) is 4.23. The molecule has 2 nitrogen and oxygen atoms in total. The van der Waals surface area contributed by atoms with Crippen LogP contribution in [0.4, 0.5) is 0 Å². The zero-order chi connectivity index (χ0) is 16.1. The van der Waals surface area contributed by atoms with Crippen LogP contribution >= 0.6 is 11.6 Å². The molecule has 3 heteroatoms. The fourth-order valence-corrected chi connectivity index (χ4v) is 3.02. The first-order valence-corrected chi connectivity index (χ1v) is 7.62. The second kappa shape index (κ2) is 7.28. The first-order chi connectivity index (χ1) is 10.5. The molecule has 0 aliphatic rings. The van der Waals surface area contributed by atoms with Gasteiger partial charge in [-0.3, -0.25) is 0 Å². The fraction of sp³-hybridized carbons (Fsp3) is 0.211. The third kappa shape index (κ3) is 3.58. The summed E-state index contributed by atoms with van der Waals surface area (Å²) in [6, 6.07) is 20.5. The summed E-state index contributed by atoms with van der Waals surface area (Å²) in [5, 5.41) is 0.743. The van der Waals surface area contributed by atoms with E-state index in [-0.39, 0.29) is 0 Å². The van der Waals surface area contributed by atoms with Crippen LogP contribution in [0.3, 0.4) is 0 Å². The molecule has 0 aliphatic heterocycles. The summed E-state index contributed by atoms with van der Waals surface area (Å²) in [6.45, 7) is 0. The molecule has 2 aromatic rings. The molecule has 2 aromatic carbocycles. The van der Waals surface area contributed by atoms with Crippen LogP contribution in [-0.2, 0) is 0 Å². The summed E-state index contributed by atoms with van der Waals surface area (Å²) in [7, 11) is 8.07. The molecular formula is C19H22ClN2+. The highest BCUT2D eigenvalue weighted by Gasteiger charge is 2.22. The maximum atomic E-state index is 6.83. The predicted molar refractivity (Wildman–Crippen MR) is 95.6 cm³/mol. The highest BCUT2D eigenvalue weighted by atomic mass is 35.5. The number of hydrogen-bond donors (Lipinski definition) is 0. The maximum absolute atomic E-state index is 6.83. The largest absolute Gasteiger partial charge is 0.376 e. The van der Waals surface area contributed by atoms with Gasteiger partial charge in [-0.25, -0.2) is 4.58 Å². The van der Waals surface area contributed by atoms with Crippen LogP contribution in [0.15, 0.2) is 65.7 Å². The van der Waals surface area contributed by atoms with Crippen LogP contribution in [0.2, 0.25) is 0 Å². The van der Waals surface area contributed by atoms with Crippen LogP contribution in [0.25, 0.3) is 5.70 Å². The van der Waals surface area contributed by atoms with Crippen molar-refractivity contribution in [2.45, 2.75) is 0 Å². The maximum Gasteiger partial charge on any atom is 0.227 e. The average molecular weight is 314 g/mol. The topological polar surface area (TPSA) is 6.25 Å². The summed E-state index contributed by atoms with van der Waals surface area (Å²) in [6.07, 6.45) is 0. The molecule has 0 aliphatic carbocycles. The minimum atomic E-state index is 0.743. The van der Waals surface area contributed by atoms with E-state index in [2.05, 4.69) is 33.7 Å². The van der Waals surface area contributed by atoms with Gasteiger partial charge in [-0.05, 0) is 17.7 Å². The van der Waals surface area contributed by atoms with Gasteiger partial charge in [-0.15, -0.1) is 0 Å². The Bertz CT molecular complexity index is 682. The lowest BCUT2D eigenvalue weighted by atomic mass is 10.0. The van der Waals surface area contributed by atoms with Gasteiger partial charge in [0.25, 0.3) is 0 Å². The molecule has 0 heterocycles. The molecule has 0 saturated carbocycles. The van der Waals surface area contributed by atoms with E-state index in [0.29, 0.717) is 0 Å². The van der Waals surface area contributed by atoms with Crippen molar-refractivity contribution in [3.63, 3.8) is 0 Å². The number of nitrogens with zero attached hydrogens (tertiary/aromatic N) is 2. The van der Waals surface area contributed by atoms with Crippen LogP contribution in [0.1, 0.15) is 11.1 Å². The molecule has 0 fully saturated rings. The van der Waals surface area contributed by atoms with E-state index in [4.69, 9.17) is 11.6 Å². The SMILES string of the molecule is CN(C)/C(=C(/Cl)C(c1ccccc1)=[N+](C)C)c1ccccc1. The molecule has 2 rings (SSSR count). The van der Waals surface area contributed by atoms with Crippen molar-refractivity contribution in [3.05, 3.63) is 76.8 Å². The second-order valence-electron chi connectivity index (χ2n) is 5.53. The molecule has 0 amide bonds. The van der Waals surface area contributed by atoms with Gasteiger partial charge < -0.3 is 4.90 Å². The number of halogens is 1. The zero-order valence-electron chi connectivity index (χ0n) is 13.5. The monoisotopic (exact) mass is 313 g/mol. The molecule has 0 atom stereocenters. The quantitative estimate of drug-likeness (QED) is 0.612.